The fraction of sp³-hybridized carbons (Fsp3) is 0.588. The Morgan fingerprint density at radius 3 is 2.53 bits per heavy atom. The summed E-state index contributed by atoms with van der Waals surface area (Å²) in [7, 11) is 2.10. The highest BCUT2D eigenvalue weighted by molar-refractivity contribution is 5.62. The van der Waals surface area contributed by atoms with Crippen LogP contribution in [-0.4, -0.2) is 19.9 Å². The third kappa shape index (κ3) is 3.17. The van der Waals surface area contributed by atoms with Crippen molar-refractivity contribution < 1.29 is 4.79 Å². The molecule has 1 fully saturated rings. The van der Waals surface area contributed by atoms with E-state index in [9.17, 15) is 4.79 Å². The van der Waals surface area contributed by atoms with E-state index in [0.29, 0.717) is 0 Å². The van der Waals surface area contributed by atoms with Crippen molar-refractivity contribution in [1.82, 2.24) is 0 Å². The van der Waals surface area contributed by atoms with Gasteiger partial charge in [-0.15, -0.1) is 0 Å². The Morgan fingerprint density at radius 1 is 1.32 bits per heavy atom. The van der Waals surface area contributed by atoms with E-state index in [1.165, 1.54) is 30.4 Å². The van der Waals surface area contributed by atoms with Crippen molar-refractivity contribution in [3.63, 3.8) is 0 Å². The Kier molecular flexibility index (Phi) is 4.28. The van der Waals surface area contributed by atoms with Gasteiger partial charge < -0.3 is 9.69 Å². The molecule has 0 heterocycles. The minimum atomic E-state index is -0.135. The maximum Gasteiger partial charge on any atom is 0.127 e. The molecule has 0 aliphatic heterocycles. The Morgan fingerprint density at radius 2 is 1.95 bits per heavy atom. The summed E-state index contributed by atoms with van der Waals surface area (Å²) in [6.07, 6.45) is 5.65. The molecule has 2 nitrogen and oxygen atoms in total. The molecule has 0 N–H and O–H groups in total. The lowest BCUT2D eigenvalue weighted by atomic mass is 9.71. The molecule has 0 amide bonds. The average molecular weight is 259 g/mol. The van der Waals surface area contributed by atoms with Crippen molar-refractivity contribution in [1.29, 1.82) is 0 Å². The number of anilines is 1. The molecule has 2 rings (SSSR count). The van der Waals surface area contributed by atoms with Gasteiger partial charge in [0.05, 0.1) is 0 Å². The van der Waals surface area contributed by atoms with Crippen LogP contribution in [-0.2, 0) is 4.79 Å². The quantitative estimate of drug-likeness (QED) is 0.766. The van der Waals surface area contributed by atoms with Gasteiger partial charge in [-0.3, -0.25) is 0 Å². The lowest BCUT2D eigenvalue weighted by Gasteiger charge is -2.38. The minimum absolute atomic E-state index is 0.135. The number of hydrogen-bond donors (Lipinski definition) is 0. The highest BCUT2D eigenvalue weighted by Crippen LogP contribution is 2.38. The highest BCUT2D eigenvalue weighted by atomic mass is 16.1. The molecule has 1 saturated carbocycles. The summed E-state index contributed by atoms with van der Waals surface area (Å²) >= 11 is 0. The monoisotopic (exact) mass is 259 g/mol. The first kappa shape index (κ1) is 14.1. The first-order valence-electron chi connectivity index (χ1n) is 7.29. The number of nitrogens with zero attached hydrogens (tertiary/aromatic N) is 1. The SMILES string of the molecule is Cc1ccccc1N(C)CC1(C=O)CCC(C)CC1. The van der Waals surface area contributed by atoms with E-state index in [4.69, 9.17) is 0 Å². The predicted molar refractivity (Wildman–Crippen MR) is 80.6 cm³/mol. The van der Waals surface area contributed by atoms with Gasteiger partial charge in [-0.2, -0.15) is 0 Å². The lowest BCUT2D eigenvalue weighted by molar-refractivity contribution is -0.117. The summed E-state index contributed by atoms with van der Waals surface area (Å²) in [4.78, 5) is 13.9. The fourth-order valence-electron chi connectivity index (χ4n) is 3.20. The molecule has 2 heteroatoms. The zero-order chi connectivity index (χ0) is 13.9. The standard InChI is InChI=1S/C17H25NO/c1-14-8-10-17(13-19,11-9-14)12-18(3)16-7-5-4-6-15(16)2/h4-7,13-14H,8-12H2,1-3H3. The second kappa shape index (κ2) is 5.77. The van der Waals surface area contributed by atoms with Gasteiger partial charge in [-0.25, -0.2) is 0 Å². The summed E-state index contributed by atoms with van der Waals surface area (Å²) in [5.41, 5.74) is 2.38. The number of carbonyl (C=O) groups excluding carboxylic acids is 1. The van der Waals surface area contributed by atoms with Gasteiger partial charge in [0.1, 0.15) is 6.29 Å². The van der Waals surface area contributed by atoms with E-state index in [2.05, 4.69) is 50.1 Å². The van der Waals surface area contributed by atoms with Gasteiger partial charge in [0.15, 0.2) is 0 Å². The highest BCUT2D eigenvalue weighted by Gasteiger charge is 2.35. The van der Waals surface area contributed by atoms with Crippen LogP contribution in [0.25, 0.3) is 0 Å². The molecule has 0 aromatic heterocycles. The second-order valence-electron chi connectivity index (χ2n) is 6.31. The maximum absolute atomic E-state index is 11.6. The van der Waals surface area contributed by atoms with Crippen molar-refractivity contribution in [2.24, 2.45) is 11.3 Å². The number of hydrogen-bond acceptors (Lipinski definition) is 2. The summed E-state index contributed by atoms with van der Waals surface area (Å²) < 4.78 is 0. The summed E-state index contributed by atoms with van der Waals surface area (Å²) in [5, 5.41) is 0. The number of aryl methyl sites for hydroxylation is 1. The Balaban J connectivity index is 2.10. The van der Waals surface area contributed by atoms with E-state index >= 15 is 0 Å². The van der Waals surface area contributed by atoms with Crippen molar-refractivity contribution in [3.05, 3.63) is 29.8 Å². The first-order valence-corrected chi connectivity index (χ1v) is 7.29. The minimum Gasteiger partial charge on any atom is -0.373 e. The third-order valence-corrected chi connectivity index (χ3v) is 4.60. The largest absolute Gasteiger partial charge is 0.373 e. The molecule has 0 saturated heterocycles. The number of rotatable bonds is 4. The Labute approximate surface area is 116 Å². The van der Waals surface area contributed by atoms with E-state index in [-0.39, 0.29) is 5.41 Å². The van der Waals surface area contributed by atoms with Crippen molar-refractivity contribution >= 4 is 12.0 Å². The molecule has 0 radical (unpaired) electrons. The van der Waals surface area contributed by atoms with Crippen LogP contribution in [0.1, 0.15) is 38.2 Å². The van der Waals surface area contributed by atoms with Crippen LogP contribution >= 0.6 is 0 Å². The molecule has 0 unspecified atom stereocenters. The van der Waals surface area contributed by atoms with Gasteiger partial charge in [-0.05, 0) is 50.2 Å². The zero-order valence-corrected chi connectivity index (χ0v) is 12.4. The van der Waals surface area contributed by atoms with Crippen LogP contribution in [0.3, 0.4) is 0 Å². The zero-order valence-electron chi connectivity index (χ0n) is 12.4. The summed E-state index contributed by atoms with van der Waals surface area (Å²) in [6, 6.07) is 8.39. The first-order chi connectivity index (χ1) is 9.06. The average Bonchev–Trinajstić information content (AvgIpc) is 2.42. The van der Waals surface area contributed by atoms with Gasteiger partial charge in [-0.1, -0.05) is 25.1 Å². The van der Waals surface area contributed by atoms with Crippen LogP contribution in [0.4, 0.5) is 5.69 Å². The van der Waals surface area contributed by atoms with Crippen LogP contribution in [0, 0.1) is 18.3 Å². The maximum atomic E-state index is 11.6. The van der Waals surface area contributed by atoms with Gasteiger partial charge in [0, 0.05) is 24.7 Å². The summed E-state index contributed by atoms with van der Waals surface area (Å²) in [6.45, 7) is 5.26. The smallest absolute Gasteiger partial charge is 0.127 e. The lowest BCUT2D eigenvalue weighted by Crippen LogP contribution is -2.40. The third-order valence-electron chi connectivity index (χ3n) is 4.60. The molecule has 0 bridgehead atoms. The second-order valence-corrected chi connectivity index (χ2v) is 6.31. The molecule has 1 aliphatic carbocycles. The molecule has 1 aromatic carbocycles. The van der Waals surface area contributed by atoms with Crippen molar-refractivity contribution in [2.75, 3.05) is 18.5 Å². The number of carbonyl (C=O) groups is 1. The van der Waals surface area contributed by atoms with Crippen molar-refractivity contribution in [2.45, 2.75) is 39.5 Å². The van der Waals surface area contributed by atoms with E-state index < -0.39 is 0 Å². The molecule has 0 spiro atoms. The Hall–Kier alpha value is -1.31. The van der Waals surface area contributed by atoms with Crippen LogP contribution in [0.5, 0.6) is 0 Å². The van der Waals surface area contributed by atoms with Crippen LogP contribution in [0.2, 0.25) is 0 Å². The Bertz CT molecular complexity index is 433. The molecule has 1 aromatic rings. The topological polar surface area (TPSA) is 20.3 Å². The van der Waals surface area contributed by atoms with Crippen LogP contribution < -0.4 is 4.90 Å². The van der Waals surface area contributed by atoms with E-state index in [1.807, 2.05) is 0 Å². The number of benzene rings is 1. The normalized spacial score (nSPS) is 27.0. The molecular weight excluding hydrogens is 234 g/mol. The molecule has 1 aliphatic rings. The van der Waals surface area contributed by atoms with Gasteiger partial charge >= 0.3 is 0 Å². The molecular formula is C17H25NO. The molecule has 19 heavy (non-hydrogen) atoms. The summed E-state index contributed by atoms with van der Waals surface area (Å²) in [5.74, 6) is 0.775. The number of para-hydroxylation sites is 1. The fourth-order valence-corrected chi connectivity index (χ4v) is 3.20. The molecule has 0 atom stereocenters. The van der Waals surface area contributed by atoms with E-state index in [1.54, 1.807) is 0 Å². The predicted octanol–water partition coefficient (Wildman–Crippen LogP) is 3.83. The molecule has 104 valence electrons. The van der Waals surface area contributed by atoms with Gasteiger partial charge in [0.25, 0.3) is 0 Å². The van der Waals surface area contributed by atoms with Crippen molar-refractivity contribution in [3.8, 4) is 0 Å². The van der Waals surface area contributed by atoms with Crippen LogP contribution in [0.15, 0.2) is 24.3 Å². The number of aldehydes is 1. The van der Waals surface area contributed by atoms with Gasteiger partial charge in [0.2, 0.25) is 0 Å². The van der Waals surface area contributed by atoms with E-state index in [0.717, 1.165) is 25.3 Å².